The molecule has 5 heterocycles. The number of ether oxygens (including phenoxy) is 1. The van der Waals surface area contributed by atoms with Crippen molar-refractivity contribution in [1.29, 1.82) is 0 Å². The minimum Gasteiger partial charge on any atom is -0.378 e. The number of thiazole rings is 1. The Morgan fingerprint density at radius 2 is 2.06 bits per heavy atom. The minimum absolute atomic E-state index is 0.116. The average molecular weight is 477 g/mol. The molecule has 0 aliphatic carbocycles. The molecule has 0 saturated carbocycles. The van der Waals surface area contributed by atoms with Crippen LogP contribution in [0.5, 0.6) is 0 Å². The van der Waals surface area contributed by atoms with Crippen molar-refractivity contribution in [3.8, 4) is 11.4 Å². The number of hydrogen-bond donors (Lipinski definition) is 3. The van der Waals surface area contributed by atoms with Crippen LogP contribution in [0, 0.1) is 0 Å². The molecule has 1 aliphatic heterocycles. The number of pyridine rings is 1. The fourth-order valence-corrected chi connectivity index (χ4v) is 5.06. The maximum absolute atomic E-state index is 13.3. The predicted octanol–water partition coefficient (Wildman–Crippen LogP) is 3.27. The average Bonchev–Trinajstić information content (AvgIpc) is 3.58. The van der Waals surface area contributed by atoms with Crippen LogP contribution in [0.1, 0.15) is 18.7 Å². The van der Waals surface area contributed by atoms with Crippen molar-refractivity contribution >= 4 is 44.8 Å². The first kappa shape index (κ1) is 20.9. The van der Waals surface area contributed by atoms with Crippen molar-refractivity contribution in [2.45, 2.75) is 13.0 Å². The summed E-state index contributed by atoms with van der Waals surface area (Å²) in [5, 5.41) is 10.1. The molecule has 0 amide bonds. The Labute approximate surface area is 198 Å². The van der Waals surface area contributed by atoms with Gasteiger partial charge in [-0.3, -0.25) is 9.48 Å². The van der Waals surface area contributed by atoms with E-state index in [2.05, 4.69) is 42.4 Å². The summed E-state index contributed by atoms with van der Waals surface area (Å²) in [6, 6.07) is 6.01. The summed E-state index contributed by atoms with van der Waals surface area (Å²) >= 11 is 1.54. The van der Waals surface area contributed by atoms with Crippen molar-refractivity contribution in [2.75, 3.05) is 36.5 Å². The Bertz CT molecular complexity index is 1530. The molecular weight excluding hydrogens is 452 g/mol. The summed E-state index contributed by atoms with van der Waals surface area (Å²) in [5.41, 5.74) is 7.64. The highest BCUT2D eigenvalue weighted by molar-refractivity contribution is 7.07. The summed E-state index contributed by atoms with van der Waals surface area (Å²) in [6.45, 7) is 5.16. The number of benzene rings is 1. The minimum atomic E-state index is -0.235. The number of morpholine rings is 1. The molecule has 10 nitrogen and oxygen atoms in total. The molecule has 174 valence electrons. The summed E-state index contributed by atoms with van der Waals surface area (Å²) in [5.74, 6) is 0.496. The zero-order chi connectivity index (χ0) is 23.2. The van der Waals surface area contributed by atoms with E-state index in [9.17, 15) is 4.79 Å². The lowest BCUT2D eigenvalue weighted by molar-refractivity contribution is 0.122. The number of nitrogens with one attached hydrogen (secondary N) is 3. The van der Waals surface area contributed by atoms with Crippen LogP contribution < -0.4 is 15.8 Å². The van der Waals surface area contributed by atoms with E-state index >= 15 is 0 Å². The molecule has 0 bridgehead atoms. The highest BCUT2D eigenvalue weighted by atomic mass is 32.1. The van der Waals surface area contributed by atoms with Crippen molar-refractivity contribution < 1.29 is 4.74 Å². The normalized spacial score (nSPS) is 15.3. The number of aryl methyl sites for hydroxylation is 1. The molecule has 3 N–H and O–H groups in total. The van der Waals surface area contributed by atoms with E-state index in [0.29, 0.717) is 28.1 Å². The van der Waals surface area contributed by atoms with E-state index in [1.807, 2.05) is 25.4 Å². The monoisotopic (exact) mass is 476 g/mol. The van der Waals surface area contributed by atoms with Crippen molar-refractivity contribution in [3.05, 3.63) is 51.3 Å². The maximum atomic E-state index is 13.3. The van der Waals surface area contributed by atoms with Gasteiger partial charge in [-0.25, -0.2) is 9.97 Å². The third-order valence-corrected chi connectivity index (χ3v) is 6.73. The first-order valence-corrected chi connectivity index (χ1v) is 12.1. The molecule has 6 rings (SSSR count). The van der Waals surface area contributed by atoms with Gasteiger partial charge in [-0.1, -0.05) is 0 Å². The Morgan fingerprint density at radius 1 is 1.21 bits per heavy atom. The van der Waals surface area contributed by atoms with Crippen LogP contribution in [-0.4, -0.2) is 56.0 Å². The zero-order valence-corrected chi connectivity index (χ0v) is 19.6. The summed E-state index contributed by atoms with van der Waals surface area (Å²) in [6.07, 6.45) is 1.80. The molecule has 0 spiro atoms. The molecule has 34 heavy (non-hydrogen) atoms. The van der Waals surface area contributed by atoms with Crippen LogP contribution in [0.2, 0.25) is 0 Å². The quantitative estimate of drug-likeness (QED) is 0.356. The predicted molar refractivity (Wildman–Crippen MR) is 134 cm³/mol. The number of rotatable bonds is 5. The van der Waals surface area contributed by atoms with Crippen LogP contribution in [0.25, 0.3) is 33.5 Å². The van der Waals surface area contributed by atoms with Gasteiger partial charge in [-0.15, -0.1) is 11.3 Å². The SMILES string of the molecule is C[C@H](Nc1c(-c2nc3ccc(N4CCOCC4)cc3[nH]2)c(=O)[nH]c2cn(C)nc12)c1cscn1. The van der Waals surface area contributed by atoms with Gasteiger partial charge in [0, 0.05) is 37.4 Å². The zero-order valence-electron chi connectivity index (χ0n) is 18.8. The van der Waals surface area contributed by atoms with Crippen molar-refractivity contribution in [2.24, 2.45) is 7.05 Å². The van der Waals surface area contributed by atoms with Gasteiger partial charge in [0.25, 0.3) is 5.56 Å². The second kappa shape index (κ2) is 8.26. The molecule has 11 heteroatoms. The molecule has 1 atom stereocenters. The molecule has 4 aromatic heterocycles. The topological polar surface area (TPSA) is 117 Å². The number of H-pyrrole nitrogens is 2. The van der Waals surface area contributed by atoms with E-state index in [0.717, 1.165) is 48.7 Å². The van der Waals surface area contributed by atoms with Crippen LogP contribution in [0.15, 0.2) is 40.1 Å². The highest BCUT2D eigenvalue weighted by Gasteiger charge is 2.22. The molecule has 1 aliphatic rings. The Morgan fingerprint density at radius 3 is 2.85 bits per heavy atom. The van der Waals surface area contributed by atoms with Gasteiger partial charge in [-0.05, 0) is 25.1 Å². The van der Waals surface area contributed by atoms with Crippen molar-refractivity contribution in [1.82, 2.24) is 29.7 Å². The number of anilines is 2. The number of nitrogens with zero attached hydrogens (tertiary/aromatic N) is 5. The fraction of sp³-hybridized carbons (Fsp3) is 0.304. The number of aromatic nitrogens is 6. The lowest BCUT2D eigenvalue weighted by Gasteiger charge is -2.28. The second-order valence-electron chi connectivity index (χ2n) is 8.43. The van der Waals surface area contributed by atoms with Gasteiger partial charge in [0.15, 0.2) is 0 Å². The molecule has 1 fully saturated rings. The second-order valence-corrected chi connectivity index (χ2v) is 9.15. The van der Waals surface area contributed by atoms with E-state index < -0.39 is 0 Å². The lowest BCUT2D eigenvalue weighted by Crippen LogP contribution is -2.36. The fourth-order valence-electron chi connectivity index (χ4n) is 4.41. The van der Waals surface area contributed by atoms with Crippen LogP contribution in [0.4, 0.5) is 11.4 Å². The number of fused-ring (bicyclic) bond motifs is 2. The van der Waals surface area contributed by atoms with Gasteiger partial charge < -0.3 is 24.9 Å². The molecule has 0 unspecified atom stereocenters. The van der Waals surface area contributed by atoms with Crippen molar-refractivity contribution in [3.63, 3.8) is 0 Å². The summed E-state index contributed by atoms with van der Waals surface area (Å²) < 4.78 is 7.16. The largest absolute Gasteiger partial charge is 0.378 e. The highest BCUT2D eigenvalue weighted by Crippen LogP contribution is 2.33. The smallest absolute Gasteiger partial charge is 0.261 e. The number of aromatic amines is 2. The number of hydrogen-bond acceptors (Lipinski definition) is 8. The van der Waals surface area contributed by atoms with Crippen LogP contribution >= 0.6 is 11.3 Å². The lowest BCUT2D eigenvalue weighted by atomic mass is 10.1. The summed E-state index contributed by atoms with van der Waals surface area (Å²) in [4.78, 5) is 31.1. The van der Waals surface area contributed by atoms with Gasteiger partial charge in [-0.2, -0.15) is 5.10 Å². The number of imidazole rings is 1. The molecule has 0 radical (unpaired) electrons. The first-order valence-electron chi connectivity index (χ1n) is 11.1. The van der Waals surface area contributed by atoms with Gasteiger partial charge in [0.05, 0.1) is 52.7 Å². The molecule has 1 saturated heterocycles. The van der Waals surface area contributed by atoms with Crippen LogP contribution in [-0.2, 0) is 11.8 Å². The Hall–Kier alpha value is -3.70. The van der Waals surface area contributed by atoms with Gasteiger partial charge >= 0.3 is 0 Å². The maximum Gasteiger partial charge on any atom is 0.261 e. The molecule has 5 aromatic rings. The Kier molecular flexibility index (Phi) is 5.07. The third kappa shape index (κ3) is 3.62. The first-order chi connectivity index (χ1) is 16.6. The molecular formula is C23H24N8O2S. The van der Waals surface area contributed by atoms with E-state index in [4.69, 9.17) is 9.72 Å². The van der Waals surface area contributed by atoms with E-state index in [1.165, 1.54) is 11.3 Å². The van der Waals surface area contributed by atoms with Gasteiger partial charge in [0.1, 0.15) is 16.9 Å². The van der Waals surface area contributed by atoms with Crippen LogP contribution in [0.3, 0.4) is 0 Å². The summed E-state index contributed by atoms with van der Waals surface area (Å²) in [7, 11) is 1.83. The standard InChI is InChI=1S/C23H24N8O2S/c1-13(18-11-34-12-24-18)25-21-19(23(32)28-17-10-30(2)29-20(17)21)22-26-15-4-3-14(9-16(15)27-22)31-5-7-33-8-6-31/h3-4,9-13,25H,5-8H2,1-2H3,(H,26,27)(H,28,32)/t13-/m0/s1. The molecule has 1 aromatic carbocycles. The van der Waals surface area contributed by atoms with E-state index in [1.54, 1.807) is 16.4 Å². The van der Waals surface area contributed by atoms with E-state index in [-0.39, 0.29) is 11.6 Å². The Balaban J connectivity index is 1.48. The van der Waals surface area contributed by atoms with Gasteiger partial charge in [0.2, 0.25) is 0 Å². The third-order valence-electron chi connectivity index (χ3n) is 6.13.